The van der Waals surface area contributed by atoms with Gasteiger partial charge in [-0.25, -0.2) is 4.98 Å². The van der Waals surface area contributed by atoms with Crippen molar-refractivity contribution in [2.24, 2.45) is 0 Å². The second-order valence-electron chi connectivity index (χ2n) is 5.29. The largest absolute Gasteiger partial charge is 0.353 e. The minimum atomic E-state index is -0.185. The van der Waals surface area contributed by atoms with Gasteiger partial charge >= 0.3 is 0 Å². The summed E-state index contributed by atoms with van der Waals surface area (Å²) in [5, 5.41) is 6.71. The number of nitrogens with zero attached hydrogens (tertiary/aromatic N) is 2. The third-order valence-electron chi connectivity index (χ3n) is 3.75. The predicted molar refractivity (Wildman–Crippen MR) is 80.0 cm³/mol. The summed E-state index contributed by atoms with van der Waals surface area (Å²) in [6.45, 7) is 1.62. The molecule has 0 saturated carbocycles. The molecule has 3 rings (SSSR count). The number of benzene rings is 1. The molecule has 110 valence electrons. The van der Waals surface area contributed by atoms with Crippen LogP contribution in [0.2, 0.25) is 0 Å². The summed E-state index contributed by atoms with van der Waals surface area (Å²) in [6, 6.07) is 7.48. The van der Waals surface area contributed by atoms with Crippen LogP contribution in [-0.2, 0) is 11.3 Å². The van der Waals surface area contributed by atoms with Gasteiger partial charge in [0.1, 0.15) is 6.54 Å². The molecule has 0 bridgehead atoms. The van der Waals surface area contributed by atoms with E-state index < -0.39 is 0 Å². The number of hydrogen-bond acceptors (Lipinski definition) is 4. The molecule has 2 N–H and O–H groups in total. The summed E-state index contributed by atoms with van der Waals surface area (Å²) in [5.41, 5.74) is 0.462. The van der Waals surface area contributed by atoms with E-state index in [-0.39, 0.29) is 18.0 Å². The average Bonchev–Trinajstić information content (AvgIpc) is 3.02. The molecule has 2 aromatic rings. The minimum Gasteiger partial charge on any atom is -0.353 e. The van der Waals surface area contributed by atoms with Gasteiger partial charge in [0.15, 0.2) is 0 Å². The highest BCUT2D eigenvalue weighted by atomic mass is 16.2. The Labute approximate surface area is 122 Å². The van der Waals surface area contributed by atoms with Gasteiger partial charge in [-0.15, -0.1) is 0 Å². The molecule has 1 atom stereocenters. The molecule has 1 aliphatic rings. The minimum absolute atomic E-state index is 0.00336. The van der Waals surface area contributed by atoms with Crippen LogP contribution >= 0.6 is 0 Å². The molecule has 1 unspecified atom stereocenters. The van der Waals surface area contributed by atoms with E-state index in [1.807, 2.05) is 6.07 Å². The number of para-hydroxylation sites is 1. The number of nitrogens with one attached hydrogen (secondary N) is 2. The number of aromatic nitrogens is 2. The van der Waals surface area contributed by atoms with E-state index in [0.717, 1.165) is 19.4 Å². The van der Waals surface area contributed by atoms with Crippen LogP contribution in [0.3, 0.4) is 0 Å². The van der Waals surface area contributed by atoms with Crippen molar-refractivity contribution in [3.63, 3.8) is 0 Å². The first-order chi connectivity index (χ1) is 10.2. The first-order valence-corrected chi connectivity index (χ1v) is 7.18. The second kappa shape index (κ2) is 6.05. The molecule has 6 nitrogen and oxygen atoms in total. The van der Waals surface area contributed by atoms with E-state index in [1.54, 1.807) is 18.2 Å². The van der Waals surface area contributed by atoms with Gasteiger partial charge in [-0.1, -0.05) is 12.1 Å². The summed E-state index contributed by atoms with van der Waals surface area (Å²) < 4.78 is 1.35. The van der Waals surface area contributed by atoms with E-state index in [9.17, 15) is 9.59 Å². The zero-order chi connectivity index (χ0) is 14.7. The van der Waals surface area contributed by atoms with Gasteiger partial charge < -0.3 is 10.6 Å². The quantitative estimate of drug-likeness (QED) is 0.845. The van der Waals surface area contributed by atoms with E-state index in [0.29, 0.717) is 23.5 Å². The Morgan fingerprint density at radius 2 is 2.29 bits per heavy atom. The lowest BCUT2D eigenvalue weighted by molar-refractivity contribution is -0.121. The Bertz CT molecular complexity index is 704. The van der Waals surface area contributed by atoms with Gasteiger partial charge in [0.25, 0.3) is 5.56 Å². The zero-order valence-electron chi connectivity index (χ0n) is 11.7. The Morgan fingerprint density at radius 3 is 3.10 bits per heavy atom. The fraction of sp³-hybridized carbons (Fsp3) is 0.400. The number of fused-ring (bicyclic) bond motifs is 1. The molecule has 0 aliphatic carbocycles. The lowest BCUT2D eigenvalue weighted by Crippen LogP contribution is -2.39. The van der Waals surface area contributed by atoms with Gasteiger partial charge in [-0.3, -0.25) is 14.2 Å². The maximum atomic E-state index is 12.3. The van der Waals surface area contributed by atoms with Gasteiger partial charge in [0.05, 0.1) is 17.2 Å². The molecule has 0 spiro atoms. The van der Waals surface area contributed by atoms with E-state index in [4.69, 9.17) is 0 Å². The molecular formula is C15H18N4O2. The maximum Gasteiger partial charge on any atom is 0.261 e. The van der Waals surface area contributed by atoms with Crippen LogP contribution < -0.4 is 16.2 Å². The van der Waals surface area contributed by atoms with Crippen molar-refractivity contribution in [1.82, 2.24) is 20.2 Å². The molecule has 1 saturated heterocycles. The van der Waals surface area contributed by atoms with Crippen molar-refractivity contribution in [2.75, 3.05) is 13.1 Å². The van der Waals surface area contributed by atoms with Crippen molar-refractivity contribution in [3.8, 4) is 0 Å². The van der Waals surface area contributed by atoms with Crippen molar-refractivity contribution < 1.29 is 4.79 Å². The topological polar surface area (TPSA) is 76.0 Å². The second-order valence-corrected chi connectivity index (χ2v) is 5.29. The molecule has 1 aliphatic heterocycles. The number of carbonyl (C=O) groups is 1. The highest BCUT2D eigenvalue weighted by Gasteiger charge is 2.15. The first kappa shape index (κ1) is 13.8. The van der Waals surface area contributed by atoms with Crippen LogP contribution in [0.15, 0.2) is 35.4 Å². The van der Waals surface area contributed by atoms with Crippen LogP contribution in [0.4, 0.5) is 0 Å². The molecule has 1 aromatic heterocycles. The Morgan fingerprint density at radius 1 is 1.43 bits per heavy atom. The highest BCUT2D eigenvalue weighted by molar-refractivity contribution is 5.78. The van der Waals surface area contributed by atoms with E-state index in [1.165, 1.54) is 10.9 Å². The average molecular weight is 286 g/mol. The van der Waals surface area contributed by atoms with Gasteiger partial charge in [0.2, 0.25) is 5.91 Å². The van der Waals surface area contributed by atoms with Gasteiger partial charge in [-0.2, -0.15) is 0 Å². The first-order valence-electron chi connectivity index (χ1n) is 7.18. The van der Waals surface area contributed by atoms with Crippen molar-refractivity contribution >= 4 is 16.8 Å². The highest BCUT2D eigenvalue weighted by Crippen LogP contribution is 2.05. The summed E-state index contributed by atoms with van der Waals surface area (Å²) in [5.74, 6) is -0.164. The normalized spacial score (nSPS) is 18.0. The zero-order valence-corrected chi connectivity index (χ0v) is 11.7. The van der Waals surface area contributed by atoms with Crippen LogP contribution in [0, 0.1) is 0 Å². The fourth-order valence-electron chi connectivity index (χ4n) is 2.60. The van der Waals surface area contributed by atoms with Crippen molar-refractivity contribution in [3.05, 3.63) is 40.9 Å². The maximum absolute atomic E-state index is 12.3. The standard InChI is InChI=1S/C15H18N4O2/c20-14(17-8-11-4-3-7-16-11)9-19-10-18-13-6-2-1-5-12(13)15(19)21/h1-2,5-6,10-11,16H,3-4,7-9H2,(H,17,20). The van der Waals surface area contributed by atoms with Gasteiger partial charge in [-0.05, 0) is 31.5 Å². The Balaban J connectivity index is 1.68. The molecule has 1 amide bonds. The molecule has 1 aromatic carbocycles. The van der Waals surface area contributed by atoms with Gasteiger partial charge in [0, 0.05) is 12.6 Å². The van der Waals surface area contributed by atoms with Crippen LogP contribution in [0.1, 0.15) is 12.8 Å². The summed E-state index contributed by atoms with van der Waals surface area (Å²) >= 11 is 0. The summed E-state index contributed by atoms with van der Waals surface area (Å²) in [6.07, 6.45) is 3.66. The Kier molecular flexibility index (Phi) is 3.96. The molecule has 2 heterocycles. The number of hydrogen-bond donors (Lipinski definition) is 2. The lowest BCUT2D eigenvalue weighted by Gasteiger charge is -2.12. The van der Waals surface area contributed by atoms with Crippen molar-refractivity contribution in [1.29, 1.82) is 0 Å². The molecular weight excluding hydrogens is 268 g/mol. The predicted octanol–water partition coefficient (Wildman–Crippen LogP) is 0.265. The third kappa shape index (κ3) is 3.11. The number of rotatable bonds is 4. The molecule has 1 fully saturated rings. The lowest BCUT2D eigenvalue weighted by atomic mass is 10.2. The number of amides is 1. The van der Waals surface area contributed by atoms with Crippen molar-refractivity contribution in [2.45, 2.75) is 25.4 Å². The molecule has 6 heteroatoms. The van der Waals surface area contributed by atoms with Crippen LogP contribution in [-0.4, -0.2) is 34.6 Å². The number of carbonyl (C=O) groups excluding carboxylic acids is 1. The smallest absolute Gasteiger partial charge is 0.261 e. The van der Waals surface area contributed by atoms with Crippen LogP contribution in [0.25, 0.3) is 10.9 Å². The molecule has 0 radical (unpaired) electrons. The van der Waals surface area contributed by atoms with E-state index >= 15 is 0 Å². The van der Waals surface area contributed by atoms with Crippen LogP contribution in [0.5, 0.6) is 0 Å². The SMILES string of the molecule is O=C(Cn1cnc2ccccc2c1=O)NCC1CCCN1. The van der Waals surface area contributed by atoms with E-state index in [2.05, 4.69) is 15.6 Å². The molecule has 21 heavy (non-hydrogen) atoms. The summed E-state index contributed by atoms with van der Waals surface area (Å²) in [4.78, 5) is 28.4. The monoisotopic (exact) mass is 286 g/mol. The Hall–Kier alpha value is -2.21. The third-order valence-corrected chi connectivity index (χ3v) is 3.75. The fourth-order valence-corrected chi connectivity index (χ4v) is 2.60. The summed E-state index contributed by atoms with van der Waals surface area (Å²) in [7, 11) is 0.